The van der Waals surface area contributed by atoms with Gasteiger partial charge in [-0.15, -0.1) is 0 Å². The fourth-order valence-corrected chi connectivity index (χ4v) is 2.43. The summed E-state index contributed by atoms with van der Waals surface area (Å²) < 4.78 is 10.4. The van der Waals surface area contributed by atoms with E-state index in [4.69, 9.17) is 21.1 Å². The van der Waals surface area contributed by atoms with Crippen LogP contribution in [0.2, 0.25) is 5.02 Å². The molecule has 3 amide bonds. The molecule has 0 aliphatic heterocycles. The lowest BCUT2D eigenvalue weighted by molar-refractivity contribution is -0.148. The second-order valence-electron chi connectivity index (χ2n) is 6.24. The van der Waals surface area contributed by atoms with Crippen molar-refractivity contribution >= 4 is 29.5 Å². The smallest absolute Gasteiger partial charge is 0.321 e. The number of amides is 3. The lowest BCUT2D eigenvalue weighted by Gasteiger charge is -2.09. The zero-order valence-corrected chi connectivity index (χ0v) is 16.8. The molecule has 0 unspecified atom stereocenters. The number of rotatable bonds is 9. The van der Waals surface area contributed by atoms with Gasteiger partial charge in [-0.05, 0) is 42.7 Å². The Hall–Kier alpha value is -3.06. The SMILES string of the molecule is Cc1cc(OCCCC(=O)OCC(=O)NC(=O)NCc2ccccc2)ccc1Cl. The highest BCUT2D eigenvalue weighted by Crippen LogP contribution is 2.21. The van der Waals surface area contributed by atoms with Crippen molar-refractivity contribution in [3.8, 4) is 5.75 Å². The molecule has 0 heterocycles. The summed E-state index contributed by atoms with van der Waals surface area (Å²) in [5, 5.41) is 5.31. The van der Waals surface area contributed by atoms with Crippen molar-refractivity contribution in [2.75, 3.05) is 13.2 Å². The number of nitrogens with one attached hydrogen (secondary N) is 2. The van der Waals surface area contributed by atoms with Crippen LogP contribution >= 0.6 is 11.6 Å². The quantitative estimate of drug-likeness (QED) is 0.481. The summed E-state index contributed by atoms with van der Waals surface area (Å²) in [5.74, 6) is -0.571. The Labute approximate surface area is 174 Å². The predicted molar refractivity (Wildman–Crippen MR) is 109 cm³/mol. The average Bonchev–Trinajstić information content (AvgIpc) is 2.71. The highest BCUT2D eigenvalue weighted by Gasteiger charge is 2.11. The van der Waals surface area contributed by atoms with Crippen LogP contribution in [0.4, 0.5) is 4.79 Å². The van der Waals surface area contributed by atoms with Crippen LogP contribution in [0.15, 0.2) is 48.5 Å². The first-order valence-electron chi connectivity index (χ1n) is 9.10. The molecule has 154 valence electrons. The van der Waals surface area contributed by atoms with E-state index in [1.165, 1.54) is 0 Å². The van der Waals surface area contributed by atoms with Crippen LogP contribution in [0.1, 0.15) is 24.0 Å². The first-order valence-corrected chi connectivity index (χ1v) is 9.48. The molecular weight excluding hydrogens is 396 g/mol. The molecule has 0 saturated heterocycles. The average molecular weight is 419 g/mol. The van der Waals surface area contributed by atoms with Crippen molar-refractivity contribution in [1.29, 1.82) is 0 Å². The van der Waals surface area contributed by atoms with Crippen LogP contribution in [-0.2, 0) is 20.9 Å². The van der Waals surface area contributed by atoms with Gasteiger partial charge < -0.3 is 14.8 Å². The van der Waals surface area contributed by atoms with Crippen LogP contribution in [0.5, 0.6) is 5.75 Å². The van der Waals surface area contributed by atoms with Gasteiger partial charge in [-0.3, -0.25) is 14.9 Å². The maximum Gasteiger partial charge on any atom is 0.321 e. The van der Waals surface area contributed by atoms with Gasteiger partial charge in [0.25, 0.3) is 5.91 Å². The number of urea groups is 1. The Morgan fingerprint density at radius 1 is 1.07 bits per heavy atom. The van der Waals surface area contributed by atoms with E-state index < -0.39 is 24.5 Å². The van der Waals surface area contributed by atoms with Gasteiger partial charge in [-0.1, -0.05) is 41.9 Å². The van der Waals surface area contributed by atoms with Gasteiger partial charge in [0, 0.05) is 18.0 Å². The molecule has 0 aliphatic carbocycles. The zero-order valence-electron chi connectivity index (χ0n) is 16.1. The molecule has 7 nitrogen and oxygen atoms in total. The molecule has 0 aromatic heterocycles. The van der Waals surface area contributed by atoms with E-state index in [1.54, 1.807) is 12.1 Å². The highest BCUT2D eigenvalue weighted by molar-refractivity contribution is 6.31. The topological polar surface area (TPSA) is 93.7 Å². The molecule has 0 radical (unpaired) electrons. The molecule has 0 atom stereocenters. The van der Waals surface area contributed by atoms with Crippen molar-refractivity contribution in [2.45, 2.75) is 26.3 Å². The summed E-state index contributed by atoms with van der Waals surface area (Å²) in [6.07, 6.45) is 0.528. The normalized spacial score (nSPS) is 10.1. The minimum Gasteiger partial charge on any atom is -0.494 e. The molecule has 2 aromatic rings. The Balaban J connectivity index is 1.56. The van der Waals surface area contributed by atoms with E-state index in [0.29, 0.717) is 23.8 Å². The number of carbonyl (C=O) groups excluding carboxylic acids is 3. The molecule has 2 N–H and O–H groups in total. The molecular formula is C21H23ClN2O5. The fraction of sp³-hybridized carbons (Fsp3) is 0.286. The second-order valence-corrected chi connectivity index (χ2v) is 6.65. The lowest BCUT2D eigenvalue weighted by Crippen LogP contribution is -2.41. The summed E-state index contributed by atoms with van der Waals surface area (Å²) >= 11 is 5.95. The minimum absolute atomic E-state index is 0.0973. The van der Waals surface area contributed by atoms with E-state index in [1.807, 2.05) is 43.3 Å². The standard InChI is InChI=1S/C21H23ClN2O5/c1-15-12-17(9-10-18(15)22)28-11-5-8-20(26)29-14-19(25)24-21(27)23-13-16-6-3-2-4-7-16/h2-4,6-7,9-10,12H,5,8,11,13-14H2,1H3,(H2,23,24,25,27). The Morgan fingerprint density at radius 2 is 1.83 bits per heavy atom. The van der Waals surface area contributed by atoms with Crippen LogP contribution in [0.3, 0.4) is 0 Å². The third-order valence-electron chi connectivity index (χ3n) is 3.84. The Morgan fingerprint density at radius 3 is 2.55 bits per heavy atom. The summed E-state index contributed by atoms with van der Waals surface area (Å²) in [6, 6.07) is 13.9. The number of carbonyl (C=O) groups is 3. The van der Waals surface area contributed by atoms with Gasteiger partial charge in [-0.2, -0.15) is 0 Å². The number of aryl methyl sites for hydroxylation is 1. The zero-order chi connectivity index (χ0) is 21.1. The number of halogens is 1. The fourth-order valence-electron chi connectivity index (χ4n) is 2.32. The summed E-state index contributed by atoms with van der Waals surface area (Å²) in [5.41, 5.74) is 1.81. The van der Waals surface area contributed by atoms with Crippen LogP contribution in [0.25, 0.3) is 0 Å². The lowest BCUT2D eigenvalue weighted by atomic mass is 10.2. The maximum atomic E-state index is 11.7. The number of hydrogen-bond acceptors (Lipinski definition) is 5. The number of esters is 1. The molecule has 0 aliphatic rings. The van der Waals surface area contributed by atoms with Gasteiger partial charge in [0.1, 0.15) is 5.75 Å². The van der Waals surface area contributed by atoms with Crippen molar-refractivity contribution in [2.24, 2.45) is 0 Å². The van der Waals surface area contributed by atoms with Gasteiger partial charge in [0.15, 0.2) is 6.61 Å². The van der Waals surface area contributed by atoms with Gasteiger partial charge in [0.05, 0.1) is 6.61 Å². The summed E-state index contributed by atoms with van der Waals surface area (Å²) in [6.45, 7) is 1.96. The van der Waals surface area contributed by atoms with Crippen LogP contribution < -0.4 is 15.4 Å². The molecule has 29 heavy (non-hydrogen) atoms. The maximum absolute atomic E-state index is 11.7. The molecule has 0 saturated carbocycles. The Bertz CT molecular complexity index is 842. The van der Waals surface area contributed by atoms with E-state index in [0.717, 1.165) is 11.1 Å². The predicted octanol–water partition coefficient (Wildman–Crippen LogP) is 3.38. The largest absolute Gasteiger partial charge is 0.494 e. The molecule has 2 rings (SSSR count). The summed E-state index contributed by atoms with van der Waals surface area (Å²) in [4.78, 5) is 35.0. The van der Waals surface area contributed by atoms with Crippen molar-refractivity contribution in [3.63, 3.8) is 0 Å². The molecule has 0 bridgehead atoms. The molecule has 0 spiro atoms. The number of benzene rings is 2. The van der Waals surface area contributed by atoms with E-state index in [-0.39, 0.29) is 13.0 Å². The minimum atomic E-state index is -0.697. The first kappa shape index (κ1) is 22.2. The van der Waals surface area contributed by atoms with E-state index >= 15 is 0 Å². The molecule has 2 aromatic carbocycles. The van der Waals surface area contributed by atoms with Gasteiger partial charge in [-0.25, -0.2) is 4.79 Å². The number of hydrogen-bond donors (Lipinski definition) is 2. The third kappa shape index (κ3) is 8.66. The highest BCUT2D eigenvalue weighted by atomic mass is 35.5. The van der Waals surface area contributed by atoms with Gasteiger partial charge in [0.2, 0.25) is 0 Å². The van der Waals surface area contributed by atoms with E-state index in [9.17, 15) is 14.4 Å². The van der Waals surface area contributed by atoms with Crippen LogP contribution in [0, 0.1) is 6.92 Å². The van der Waals surface area contributed by atoms with Crippen molar-refractivity contribution in [3.05, 3.63) is 64.7 Å². The molecule has 8 heteroatoms. The monoisotopic (exact) mass is 418 g/mol. The van der Waals surface area contributed by atoms with Crippen molar-refractivity contribution in [1.82, 2.24) is 10.6 Å². The van der Waals surface area contributed by atoms with Crippen LogP contribution in [-0.4, -0.2) is 31.1 Å². The molecule has 0 fully saturated rings. The second kappa shape index (κ2) is 11.7. The Kier molecular flexibility index (Phi) is 8.98. The number of ether oxygens (including phenoxy) is 2. The van der Waals surface area contributed by atoms with E-state index in [2.05, 4.69) is 10.6 Å². The third-order valence-corrected chi connectivity index (χ3v) is 4.26. The van der Waals surface area contributed by atoms with Crippen molar-refractivity contribution < 1.29 is 23.9 Å². The number of imide groups is 1. The first-order chi connectivity index (χ1) is 13.9. The van der Waals surface area contributed by atoms with Gasteiger partial charge >= 0.3 is 12.0 Å². The summed E-state index contributed by atoms with van der Waals surface area (Å²) in [7, 11) is 0.